The molecular formula is C29H33N3O5. The number of aryl methyl sites for hydroxylation is 4. The maximum Gasteiger partial charge on any atom is 0.306 e. The highest BCUT2D eigenvalue weighted by Gasteiger charge is 2.14. The van der Waals surface area contributed by atoms with Gasteiger partial charge in [0, 0.05) is 30.3 Å². The lowest BCUT2D eigenvalue weighted by Crippen LogP contribution is -2.05. The number of oxazole rings is 1. The largest absolute Gasteiger partial charge is 0.487 e. The number of esters is 1. The second kappa shape index (κ2) is 12.8. The maximum absolute atomic E-state index is 11.7. The highest BCUT2D eigenvalue weighted by Crippen LogP contribution is 2.23. The van der Waals surface area contributed by atoms with Gasteiger partial charge in [-0.05, 0) is 63.4 Å². The zero-order chi connectivity index (χ0) is 26.0. The van der Waals surface area contributed by atoms with Crippen LogP contribution in [0, 0.1) is 6.92 Å². The van der Waals surface area contributed by atoms with Crippen molar-refractivity contribution in [1.29, 1.82) is 0 Å². The van der Waals surface area contributed by atoms with Crippen molar-refractivity contribution in [3.63, 3.8) is 0 Å². The van der Waals surface area contributed by atoms with Gasteiger partial charge in [0.05, 0.1) is 13.2 Å². The molecule has 0 saturated carbocycles. The topological polar surface area (TPSA) is 88.6 Å². The Hall–Kier alpha value is -4.07. The lowest BCUT2D eigenvalue weighted by Gasteiger charge is -2.06. The summed E-state index contributed by atoms with van der Waals surface area (Å²) in [6.45, 7) is 7.56. The highest BCUT2D eigenvalue weighted by atomic mass is 16.5. The van der Waals surface area contributed by atoms with Crippen molar-refractivity contribution in [1.82, 2.24) is 14.8 Å². The normalized spacial score (nSPS) is 10.9. The predicted octanol–water partition coefficient (Wildman–Crippen LogP) is 5.56. The molecule has 0 aliphatic heterocycles. The smallest absolute Gasteiger partial charge is 0.306 e. The molecule has 2 aromatic heterocycles. The first-order valence-electron chi connectivity index (χ1n) is 12.6. The van der Waals surface area contributed by atoms with Crippen molar-refractivity contribution in [2.45, 2.75) is 53.2 Å². The maximum atomic E-state index is 11.7. The summed E-state index contributed by atoms with van der Waals surface area (Å²) in [5.41, 5.74) is 3.80. The van der Waals surface area contributed by atoms with Crippen LogP contribution < -0.4 is 9.47 Å². The van der Waals surface area contributed by atoms with Gasteiger partial charge in [-0.1, -0.05) is 30.3 Å². The van der Waals surface area contributed by atoms with Crippen LogP contribution in [0.5, 0.6) is 11.6 Å². The number of hydrogen-bond acceptors (Lipinski definition) is 7. The first-order chi connectivity index (χ1) is 18.1. The van der Waals surface area contributed by atoms with Crippen molar-refractivity contribution < 1.29 is 23.4 Å². The van der Waals surface area contributed by atoms with Gasteiger partial charge < -0.3 is 18.6 Å². The molecule has 0 aliphatic carbocycles. The third-order valence-corrected chi connectivity index (χ3v) is 5.83. The minimum absolute atomic E-state index is 0.213. The fraction of sp³-hybridized carbons (Fsp3) is 0.345. The van der Waals surface area contributed by atoms with Crippen LogP contribution in [-0.4, -0.2) is 33.9 Å². The third-order valence-electron chi connectivity index (χ3n) is 5.83. The number of carbonyl (C=O) groups excluding carboxylic acids is 1. The van der Waals surface area contributed by atoms with Gasteiger partial charge in [-0.15, -0.1) is 5.10 Å². The summed E-state index contributed by atoms with van der Waals surface area (Å²) in [5, 5.41) is 4.55. The first kappa shape index (κ1) is 26.0. The molecule has 0 bridgehead atoms. The van der Waals surface area contributed by atoms with Crippen LogP contribution in [0.1, 0.15) is 42.8 Å². The molecule has 2 aromatic carbocycles. The van der Waals surface area contributed by atoms with E-state index in [2.05, 4.69) is 22.2 Å². The summed E-state index contributed by atoms with van der Waals surface area (Å²) in [4.78, 5) is 16.3. The van der Waals surface area contributed by atoms with Crippen molar-refractivity contribution in [2.75, 3.05) is 13.2 Å². The third kappa shape index (κ3) is 7.22. The lowest BCUT2D eigenvalue weighted by atomic mass is 10.1. The number of hydrogen-bond donors (Lipinski definition) is 0. The Morgan fingerprint density at radius 3 is 2.49 bits per heavy atom. The number of rotatable bonds is 13. The summed E-state index contributed by atoms with van der Waals surface area (Å²) in [6.07, 6.45) is 3.60. The molecule has 0 spiro atoms. The van der Waals surface area contributed by atoms with Crippen LogP contribution in [0.25, 0.3) is 11.5 Å². The Bertz CT molecular complexity index is 1280. The van der Waals surface area contributed by atoms with Crippen LogP contribution in [0.15, 0.2) is 65.2 Å². The van der Waals surface area contributed by atoms with E-state index in [1.165, 1.54) is 0 Å². The van der Waals surface area contributed by atoms with E-state index in [0.29, 0.717) is 51.0 Å². The van der Waals surface area contributed by atoms with Crippen LogP contribution in [0.3, 0.4) is 0 Å². The molecule has 0 aliphatic rings. The van der Waals surface area contributed by atoms with Crippen molar-refractivity contribution >= 4 is 5.97 Å². The van der Waals surface area contributed by atoms with Crippen molar-refractivity contribution in [2.24, 2.45) is 0 Å². The first-order valence-corrected chi connectivity index (χ1v) is 12.6. The second-order valence-electron chi connectivity index (χ2n) is 8.53. The molecule has 4 rings (SSSR count). The number of aromatic nitrogens is 3. The van der Waals surface area contributed by atoms with Gasteiger partial charge >= 0.3 is 5.97 Å². The van der Waals surface area contributed by atoms with E-state index in [1.807, 2.05) is 67.2 Å². The summed E-state index contributed by atoms with van der Waals surface area (Å²) in [7, 11) is 0. The van der Waals surface area contributed by atoms with E-state index in [0.717, 1.165) is 40.3 Å². The van der Waals surface area contributed by atoms with E-state index >= 15 is 0 Å². The van der Waals surface area contributed by atoms with Crippen molar-refractivity contribution in [3.05, 3.63) is 83.4 Å². The zero-order valence-electron chi connectivity index (χ0n) is 21.6. The van der Waals surface area contributed by atoms with Gasteiger partial charge in [0.2, 0.25) is 11.8 Å². The standard InChI is InChI=1S/C29H33N3O5/c1-4-34-27(33)16-13-24-19-32(31-29(24)35-5-2)18-17-22-11-14-25(15-12-22)36-20-26-21(3)37-28(30-26)23-9-7-6-8-10-23/h6-12,14-15,19H,4-5,13,16-18,20H2,1-3H3. The Labute approximate surface area is 217 Å². The van der Waals surface area contributed by atoms with Crippen molar-refractivity contribution in [3.8, 4) is 23.1 Å². The summed E-state index contributed by atoms with van der Waals surface area (Å²) >= 11 is 0. The molecule has 8 heteroatoms. The van der Waals surface area contributed by atoms with Crippen LogP contribution in [0.2, 0.25) is 0 Å². The molecule has 0 atom stereocenters. The molecule has 0 fully saturated rings. The van der Waals surface area contributed by atoms with E-state index in [4.69, 9.17) is 18.6 Å². The Balaban J connectivity index is 1.30. The summed E-state index contributed by atoms with van der Waals surface area (Å²) < 4.78 is 24.3. The fourth-order valence-electron chi connectivity index (χ4n) is 3.87. The number of benzene rings is 2. The lowest BCUT2D eigenvalue weighted by molar-refractivity contribution is -0.143. The molecule has 0 unspecified atom stereocenters. The van der Waals surface area contributed by atoms with E-state index in [9.17, 15) is 4.79 Å². The van der Waals surface area contributed by atoms with Gasteiger partial charge in [-0.25, -0.2) is 4.98 Å². The molecule has 37 heavy (non-hydrogen) atoms. The molecular weight excluding hydrogens is 470 g/mol. The van der Waals surface area contributed by atoms with Gasteiger partial charge in [0.25, 0.3) is 0 Å². The second-order valence-corrected chi connectivity index (χ2v) is 8.53. The van der Waals surface area contributed by atoms with Gasteiger partial charge in [-0.2, -0.15) is 0 Å². The van der Waals surface area contributed by atoms with Gasteiger partial charge in [-0.3, -0.25) is 9.48 Å². The fourth-order valence-corrected chi connectivity index (χ4v) is 3.87. The number of nitrogens with zero attached hydrogens (tertiary/aromatic N) is 3. The average molecular weight is 504 g/mol. The predicted molar refractivity (Wildman–Crippen MR) is 140 cm³/mol. The quantitative estimate of drug-likeness (QED) is 0.221. The average Bonchev–Trinajstić information content (AvgIpc) is 3.49. The Morgan fingerprint density at radius 1 is 0.973 bits per heavy atom. The van der Waals surface area contributed by atoms with E-state index < -0.39 is 0 Å². The highest BCUT2D eigenvalue weighted by molar-refractivity contribution is 5.69. The monoisotopic (exact) mass is 503 g/mol. The number of carbonyl (C=O) groups is 1. The summed E-state index contributed by atoms with van der Waals surface area (Å²) in [5.74, 6) is 2.49. The SMILES string of the molecule is CCOC(=O)CCc1cn(CCc2ccc(OCc3nc(-c4ccccc4)oc3C)cc2)nc1OCC. The molecule has 4 aromatic rings. The van der Waals surface area contributed by atoms with Crippen LogP contribution in [0.4, 0.5) is 0 Å². The minimum atomic E-state index is -0.213. The van der Waals surface area contributed by atoms with Gasteiger partial charge in [0.1, 0.15) is 23.8 Å². The van der Waals surface area contributed by atoms with E-state index in [1.54, 1.807) is 6.92 Å². The number of ether oxygens (including phenoxy) is 3. The Kier molecular flexibility index (Phi) is 8.97. The molecule has 0 radical (unpaired) electrons. The molecule has 0 saturated heterocycles. The Morgan fingerprint density at radius 2 is 1.76 bits per heavy atom. The molecule has 0 amide bonds. The minimum Gasteiger partial charge on any atom is -0.487 e. The van der Waals surface area contributed by atoms with Gasteiger partial charge in [0.15, 0.2) is 0 Å². The summed E-state index contributed by atoms with van der Waals surface area (Å²) in [6, 6.07) is 17.9. The molecule has 194 valence electrons. The van der Waals surface area contributed by atoms with Crippen LogP contribution >= 0.6 is 0 Å². The molecule has 2 heterocycles. The molecule has 8 nitrogen and oxygen atoms in total. The van der Waals surface area contributed by atoms with Crippen LogP contribution in [-0.2, 0) is 35.5 Å². The zero-order valence-corrected chi connectivity index (χ0v) is 21.6. The molecule has 0 N–H and O–H groups in total. The van der Waals surface area contributed by atoms with E-state index in [-0.39, 0.29) is 5.97 Å².